The van der Waals surface area contributed by atoms with E-state index >= 15 is 0 Å². The summed E-state index contributed by atoms with van der Waals surface area (Å²) >= 11 is 0. The normalized spacial score (nSPS) is 10.5. The number of aromatic nitrogens is 1. The van der Waals surface area contributed by atoms with Gasteiger partial charge in [0, 0.05) is 13.0 Å². The van der Waals surface area contributed by atoms with Crippen LogP contribution in [0.25, 0.3) is 0 Å². The number of hydrogen-bond acceptors (Lipinski definition) is 3. The molecule has 0 aliphatic heterocycles. The van der Waals surface area contributed by atoms with Gasteiger partial charge in [-0.15, -0.1) is 0 Å². The largest absolute Gasteiger partial charge is 0.446 e. The zero-order chi connectivity index (χ0) is 8.81. The third kappa shape index (κ3) is 3.05. The Morgan fingerprint density at radius 3 is 2.83 bits per heavy atom. The highest BCUT2D eigenvalue weighted by molar-refractivity contribution is 4.90. The van der Waals surface area contributed by atoms with E-state index in [-0.39, 0.29) is 6.61 Å². The second kappa shape index (κ2) is 4.93. The molecule has 0 radical (unpaired) electrons. The van der Waals surface area contributed by atoms with Crippen molar-refractivity contribution in [3.8, 4) is 0 Å². The topological polar surface area (TPSA) is 46.3 Å². The highest BCUT2D eigenvalue weighted by Gasteiger charge is 1.98. The number of oxazole rings is 1. The van der Waals surface area contributed by atoms with Crippen molar-refractivity contribution in [2.75, 3.05) is 6.61 Å². The van der Waals surface area contributed by atoms with Crippen molar-refractivity contribution in [3.63, 3.8) is 0 Å². The van der Waals surface area contributed by atoms with Crippen molar-refractivity contribution >= 4 is 0 Å². The fourth-order valence-electron chi connectivity index (χ4n) is 1.08. The maximum atomic E-state index is 8.53. The maximum Gasteiger partial charge on any atom is 0.194 e. The summed E-state index contributed by atoms with van der Waals surface area (Å²) in [6, 6.07) is 0. The van der Waals surface area contributed by atoms with Crippen molar-refractivity contribution in [2.45, 2.75) is 32.6 Å². The standard InChI is InChI=1S/C9H15NO2/c1-8-7-10-9(12-8)5-3-2-4-6-11/h7,11H,2-6H2,1H3. The molecule has 1 heterocycles. The summed E-state index contributed by atoms with van der Waals surface area (Å²) in [6.45, 7) is 2.18. The lowest BCUT2D eigenvalue weighted by Crippen LogP contribution is -1.87. The second-order valence-electron chi connectivity index (χ2n) is 2.90. The van der Waals surface area contributed by atoms with Crippen molar-refractivity contribution < 1.29 is 9.52 Å². The van der Waals surface area contributed by atoms with Crippen LogP contribution in [0.1, 0.15) is 30.9 Å². The number of rotatable bonds is 5. The van der Waals surface area contributed by atoms with Crippen molar-refractivity contribution in [1.29, 1.82) is 0 Å². The van der Waals surface area contributed by atoms with Crippen LogP contribution in [0.2, 0.25) is 0 Å². The average molecular weight is 169 g/mol. The molecule has 0 saturated heterocycles. The second-order valence-corrected chi connectivity index (χ2v) is 2.90. The first-order chi connectivity index (χ1) is 5.83. The van der Waals surface area contributed by atoms with Crippen LogP contribution in [0, 0.1) is 6.92 Å². The Balaban J connectivity index is 2.15. The molecule has 1 aromatic rings. The van der Waals surface area contributed by atoms with E-state index in [0.717, 1.165) is 37.3 Å². The fourth-order valence-corrected chi connectivity index (χ4v) is 1.08. The summed E-state index contributed by atoms with van der Waals surface area (Å²) in [6.07, 6.45) is 5.58. The molecule has 1 rings (SSSR count). The number of aryl methyl sites for hydroxylation is 2. The van der Waals surface area contributed by atoms with E-state index in [1.165, 1.54) is 0 Å². The van der Waals surface area contributed by atoms with E-state index in [4.69, 9.17) is 9.52 Å². The summed E-state index contributed by atoms with van der Waals surface area (Å²) in [4.78, 5) is 4.08. The Morgan fingerprint density at radius 2 is 2.25 bits per heavy atom. The summed E-state index contributed by atoms with van der Waals surface area (Å²) in [5.74, 6) is 1.68. The summed E-state index contributed by atoms with van der Waals surface area (Å²) in [5, 5.41) is 8.53. The van der Waals surface area contributed by atoms with Crippen LogP contribution in [0.15, 0.2) is 10.6 Å². The Morgan fingerprint density at radius 1 is 1.42 bits per heavy atom. The zero-order valence-corrected chi connectivity index (χ0v) is 7.42. The van der Waals surface area contributed by atoms with E-state index in [1.807, 2.05) is 6.92 Å². The Hall–Kier alpha value is -0.830. The predicted molar refractivity (Wildman–Crippen MR) is 45.9 cm³/mol. The predicted octanol–water partition coefficient (Wildman–Crippen LogP) is 1.69. The first-order valence-electron chi connectivity index (χ1n) is 4.35. The molecule has 1 aromatic heterocycles. The molecule has 0 amide bonds. The number of unbranched alkanes of at least 4 members (excludes halogenated alkanes) is 2. The molecule has 12 heavy (non-hydrogen) atoms. The molecule has 0 bridgehead atoms. The lowest BCUT2D eigenvalue weighted by molar-refractivity contribution is 0.282. The molecule has 0 unspecified atom stereocenters. The molecule has 68 valence electrons. The van der Waals surface area contributed by atoms with Gasteiger partial charge in [0.2, 0.25) is 0 Å². The SMILES string of the molecule is Cc1cnc(CCCCCO)o1. The van der Waals surface area contributed by atoms with Crippen LogP contribution >= 0.6 is 0 Å². The molecular formula is C9H15NO2. The minimum Gasteiger partial charge on any atom is -0.446 e. The molecule has 1 N–H and O–H groups in total. The Kier molecular flexibility index (Phi) is 3.80. The molecule has 0 fully saturated rings. The molecule has 0 aliphatic rings. The molecule has 0 aromatic carbocycles. The van der Waals surface area contributed by atoms with Crippen LogP contribution in [-0.4, -0.2) is 16.7 Å². The van der Waals surface area contributed by atoms with Crippen molar-refractivity contribution in [3.05, 3.63) is 17.8 Å². The highest BCUT2D eigenvalue weighted by atomic mass is 16.3. The third-order valence-corrected chi connectivity index (χ3v) is 1.72. The van der Waals surface area contributed by atoms with E-state index in [1.54, 1.807) is 6.20 Å². The first kappa shape index (κ1) is 9.26. The maximum absolute atomic E-state index is 8.53. The van der Waals surface area contributed by atoms with Gasteiger partial charge in [0.1, 0.15) is 5.76 Å². The minimum absolute atomic E-state index is 0.282. The van der Waals surface area contributed by atoms with Gasteiger partial charge in [-0.2, -0.15) is 0 Å². The summed E-state index contributed by atoms with van der Waals surface area (Å²) < 4.78 is 5.29. The van der Waals surface area contributed by atoms with Crippen LogP contribution in [-0.2, 0) is 6.42 Å². The van der Waals surface area contributed by atoms with Gasteiger partial charge >= 0.3 is 0 Å². The van der Waals surface area contributed by atoms with Gasteiger partial charge in [-0.05, 0) is 19.8 Å². The first-order valence-corrected chi connectivity index (χ1v) is 4.35. The van der Waals surface area contributed by atoms with Gasteiger partial charge in [0.05, 0.1) is 6.20 Å². The molecule has 0 saturated carbocycles. The molecule has 3 nitrogen and oxygen atoms in total. The van der Waals surface area contributed by atoms with Gasteiger partial charge < -0.3 is 9.52 Å². The smallest absolute Gasteiger partial charge is 0.194 e. The Bertz CT molecular complexity index is 220. The van der Waals surface area contributed by atoms with E-state index in [2.05, 4.69) is 4.98 Å². The van der Waals surface area contributed by atoms with Gasteiger partial charge in [-0.25, -0.2) is 4.98 Å². The molecule has 0 atom stereocenters. The van der Waals surface area contributed by atoms with Crippen molar-refractivity contribution in [2.24, 2.45) is 0 Å². The van der Waals surface area contributed by atoms with Crippen LogP contribution in [0.3, 0.4) is 0 Å². The van der Waals surface area contributed by atoms with Gasteiger partial charge in [0.25, 0.3) is 0 Å². The van der Waals surface area contributed by atoms with Crippen LogP contribution in [0.5, 0.6) is 0 Å². The van der Waals surface area contributed by atoms with Crippen LogP contribution < -0.4 is 0 Å². The molecular weight excluding hydrogens is 154 g/mol. The number of aliphatic hydroxyl groups is 1. The van der Waals surface area contributed by atoms with Gasteiger partial charge in [-0.1, -0.05) is 6.42 Å². The average Bonchev–Trinajstić information content (AvgIpc) is 2.45. The van der Waals surface area contributed by atoms with Crippen LogP contribution in [0.4, 0.5) is 0 Å². The summed E-state index contributed by atoms with van der Waals surface area (Å²) in [7, 11) is 0. The van der Waals surface area contributed by atoms with E-state index < -0.39 is 0 Å². The number of hydrogen-bond donors (Lipinski definition) is 1. The minimum atomic E-state index is 0.282. The quantitative estimate of drug-likeness (QED) is 0.682. The summed E-state index contributed by atoms with van der Waals surface area (Å²) in [5.41, 5.74) is 0. The van der Waals surface area contributed by atoms with Crippen molar-refractivity contribution in [1.82, 2.24) is 4.98 Å². The molecule has 0 aliphatic carbocycles. The van der Waals surface area contributed by atoms with E-state index in [0.29, 0.717) is 0 Å². The van der Waals surface area contributed by atoms with Gasteiger partial charge in [-0.3, -0.25) is 0 Å². The zero-order valence-electron chi connectivity index (χ0n) is 7.42. The third-order valence-electron chi connectivity index (χ3n) is 1.72. The lowest BCUT2D eigenvalue weighted by atomic mass is 10.2. The monoisotopic (exact) mass is 169 g/mol. The Labute approximate surface area is 72.4 Å². The van der Waals surface area contributed by atoms with Gasteiger partial charge in [0.15, 0.2) is 5.89 Å². The molecule has 3 heteroatoms. The molecule has 0 spiro atoms. The fraction of sp³-hybridized carbons (Fsp3) is 0.667. The number of nitrogens with zero attached hydrogens (tertiary/aromatic N) is 1. The van der Waals surface area contributed by atoms with E-state index in [9.17, 15) is 0 Å². The lowest BCUT2D eigenvalue weighted by Gasteiger charge is -1.94. The number of aliphatic hydroxyl groups excluding tert-OH is 1. The highest BCUT2D eigenvalue weighted by Crippen LogP contribution is 2.06.